The number of hydrogen-bond donors (Lipinski definition) is 2. The molecule has 2 fully saturated rings. The van der Waals surface area contributed by atoms with Crippen LogP contribution in [0.4, 0.5) is 0 Å². The van der Waals surface area contributed by atoms with Crippen molar-refractivity contribution in [2.24, 2.45) is 5.92 Å². The highest BCUT2D eigenvalue weighted by Crippen LogP contribution is 2.45. The van der Waals surface area contributed by atoms with Gasteiger partial charge in [-0.15, -0.1) is 0 Å². The molecule has 0 amide bonds. The second kappa shape index (κ2) is 6.29. The summed E-state index contributed by atoms with van der Waals surface area (Å²) in [4.78, 5) is 25.2. The Balaban J connectivity index is 1.71. The summed E-state index contributed by atoms with van der Waals surface area (Å²) in [5, 5.41) is 19.1. The number of carboxylic acids is 2. The van der Waals surface area contributed by atoms with E-state index in [1.165, 1.54) is 0 Å². The van der Waals surface area contributed by atoms with Gasteiger partial charge in [0.1, 0.15) is 5.54 Å². The van der Waals surface area contributed by atoms with Gasteiger partial charge < -0.3 is 14.9 Å². The second-order valence-electron chi connectivity index (χ2n) is 6.35. The number of carbonyl (C=O) groups is 2. The molecule has 2 aliphatic rings. The van der Waals surface area contributed by atoms with Crippen LogP contribution in [0.25, 0.3) is 0 Å². The van der Waals surface area contributed by atoms with Gasteiger partial charge in [-0.3, -0.25) is 14.5 Å². The van der Waals surface area contributed by atoms with Crippen LogP contribution in [0.3, 0.4) is 0 Å². The highest BCUT2D eigenvalue weighted by Gasteiger charge is 2.60. The van der Waals surface area contributed by atoms with E-state index >= 15 is 0 Å². The minimum atomic E-state index is -1.02. The maximum Gasteiger partial charge on any atom is 0.324 e. The number of benzene rings is 1. The molecule has 3 atom stereocenters. The van der Waals surface area contributed by atoms with Gasteiger partial charge in [-0.1, -0.05) is 30.3 Å². The lowest BCUT2D eigenvalue weighted by atomic mass is 9.89. The van der Waals surface area contributed by atoms with Crippen molar-refractivity contribution in [3.05, 3.63) is 35.9 Å². The quantitative estimate of drug-likeness (QED) is 0.828. The molecule has 1 aromatic rings. The third kappa shape index (κ3) is 2.84. The Bertz CT molecular complexity index is 590. The Labute approximate surface area is 134 Å². The Morgan fingerprint density at radius 2 is 2.00 bits per heavy atom. The van der Waals surface area contributed by atoms with Crippen LogP contribution in [0.2, 0.25) is 0 Å². The van der Waals surface area contributed by atoms with Gasteiger partial charge in [0.2, 0.25) is 0 Å². The predicted molar refractivity (Wildman–Crippen MR) is 81.9 cm³/mol. The zero-order valence-corrected chi connectivity index (χ0v) is 12.9. The van der Waals surface area contributed by atoms with E-state index in [1.54, 1.807) is 0 Å². The molecular weight excluding hydrogens is 298 g/mol. The Morgan fingerprint density at radius 3 is 2.65 bits per heavy atom. The fourth-order valence-corrected chi connectivity index (χ4v) is 3.97. The van der Waals surface area contributed by atoms with Crippen molar-refractivity contribution >= 4 is 11.9 Å². The van der Waals surface area contributed by atoms with E-state index in [0.29, 0.717) is 19.6 Å². The number of carboxylic acid groups (broad SMARTS) is 2. The van der Waals surface area contributed by atoms with Crippen molar-refractivity contribution in [3.8, 4) is 0 Å². The third-order valence-electron chi connectivity index (χ3n) is 5.08. The van der Waals surface area contributed by atoms with E-state index in [-0.39, 0.29) is 19.1 Å². The molecule has 2 saturated heterocycles. The van der Waals surface area contributed by atoms with Crippen molar-refractivity contribution in [1.29, 1.82) is 0 Å². The summed E-state index contributed by atoms with van der Waals surface area (Å²) in [6.07, 6.45) is 1.46. The lowest BCUT2D eigenvalue weighted by molar-refractivity contribution is -0.149. The van der Waals surface area contributed by atoms with E-state index in [9.17, 15) is 19.8 Å². The molecule has 3 rings (SSSR count). The van der Waals surface area contributed by atoms with Gasteiger partial charge in [-0.05, 0) is 31.4 Å². The van der Waals surface area contributed by atoms with Crippen LogP contribution in [-0.4, -0.2) is 51.8 Å². The molecule has 23 heavy (non-hydrogen) atoms. The van der Waals surface area contributed by atoms with Crippen LogP contribution in [0.5, 0.6) is 0 Å². The minimum absolute atomic E-state index is 0.164. The molecule has 2 N–H and O–H groups in total. The van der Waals surface area contributed by atoms with Crippen LogP contribution in [0.1, 0.15) is 24.8 Å². The first-order chi connectivity index (χ1) is 11.0. The fourth-order valence-electron chi connectivity index (χ4n) is 3.97. The van der Waals surface area contributed by atoms with E-state index in [0.717, 1.165) is 12.0 Å². The molecule has 1 aromatic carbocycles. The van der Waals surface area contributed by atoms with Crippen LogP contribution >= 0.6 is 0 Å². The van der Waals surface area contributed by atoms with Crippen molar-refractivity contribution < 1.29 is 24.5 Å². The monoisotopic (exact) mass is 319 g/mol. The molecule has 0 spiro atoms. The van der Waals surface area contributed by atoms with Crippen LogP contribution in [0.15, 0.2) is 30.3 Å². The molecule has 2 heterocycles. The first kappa shape index (κ1) is 16.0. The van der Waals surface area contributed by atoms with E-state index in [2.05, 4.69) is 0 Å². The van der Waals surface area contributed by atoms with Crippen LogP contribution in [-0.2, 0) is 20.9 Å². The van der Waals surface area contributed by atoms with Gasteiger partial charge in [-0.2, -0.15) is 0 Å². The maximum absolute atomic E-state index is 11.7. The second-order valence-corrected chi connectivity index (χ2v) is 6.35. The minimum Gasteiger partial charge on any atom is -0.481 e. The predicted octanol–water partition coefficient (Wildman–Crippen LogP) is 1.60. The Hall–Kier alpha value is -1.92. The fraction of sp³-hybridized carbons (Fsp3) is 0.529. The molecule has 0 saturated carbocycles. The number of fused-ring (bicyclic) bond motifs is 1. The number of rotatable bonds is 6. The Morgan fingerprint density at radius 1 is 1.26 bits per heavy atom. The summed E-state index contributed by atoms with van der Waals surface area (Å²) in [6.45, 7) is 1.26. The highest BCUT2D eigenvalue weighted by molar-refractivity contribution is 5.83. The first-order valence-electron chi connectivity index (χ1n) is 7.89. The van der Waals surface area contributed by atoms with Gasteiger partial charge in [-0.25, -0.2) is 0 Å². The standard InChI is InChI=1S/C17H21NO5/c19-15(20)13-9-17(16(21)22)7-4-8-18(17)14(13)11-23-10-12-5-2-1-3-6-12/h1-3,5-6,13-14H,4,7-11H2,(H,19,20)(H,21,22)/t13-,14-,17+/m1/s1. The number of hydrogen-bond acceptors (Lipinski definition) is 4. The summed E-state index contributed by atoms with van der Waals surface area (Å²) in [7, 11) is 0. The molecule has 6 heteroatoms. The molecule has 0 radical (unpaired) electrons. The van der Waals surface area contributed by atoms with Crippen molar-refractivity contribution in [2.75, 3.05) is 13.2 Å². The molecule has 6 nitrogen and oxygen atoms in total. The van der Waals surface area contributed by atoms with Gasteiger partial charge >= 0.3 is 11.9 Å². The van der Waals surface area contributed by atoms with E-state index < -0.39 is 23.4 Å². The maximum atomic E-state index is 11.7. The summed E-state index contributed by atoms with van der Waals surface area (Å²) in [6, 6.07) is 9.28. The lowest BCUT2D eigenvalue weighted by Gasteiger charge is -2.31. The molecule has 0 aliphatic carbocycles. The van der Waals surface area contributed by atoms with Crippen LogP contribution < -0.4 is 0 Å². The topological polar surface area (TPSA) is 87.1 Å². The SMILES string of the molecule is O=C(O)[C@@H]1C[C@]2(C(=O)O)CCCN2[C@@H]1COCc1ccccc1. The lowest BCUT2D eigenvalue weighted by Crippen LogP contribution is -2.49. The molecule has 2 aliphatic heterocycles. The number of aliphatic carboxylic acids is 2. The molecular formula is C17H21NO5. The van der Waals surface area contributed by atoms with Gasteiger partial charge in [0, 0.05) is 6.04 Å². The molecule has 0 aromatic heterocycles. The van der Waals surface area contributed by atoms with Gasteiger partial charge in [0.15, 0.2) is 0 Å². The third-order valence-corrected chi connectivity index (χ3v) is 5.08. The molecule has 0 unspecified atom stereocenters. The zero-order valence-electron chi connectivity index (χ0n) is 12.9. The summed E-state index contributed by atoms with van der Waals surface area (Å²) >= 11 is 0. The van der Waals surface area contributed by atoms with Crippen molar-refractivity contribution in [3.63, 3.8) is 0 Å². The summed E-state index contributed by atoms with van der Waals surface area (Å²) in [5.74, 6) is -2.54. The summed E-state index contributed by atoms with van der Waals surface area (Å²) < 4.78 is 5.72. The van der Waals surface area contributed by atoms with Crippen molar-refractivity contribution in [2.45, 2.75) is 37.5 Å². The summed E-state index contributed by atoms with van der Waals surface area (Å²) in [5.41, 5.74) is -0.00704. The average molecular weight is 319 g/mol. The van der Waals surface area contributed by atoms with Crippen LogP contribution in [0, 0.1) is 5.92 Å². The van der Waals surface area contributed by atoms with E-state index in [4.69, 9.17) is 4.74 Å². The average Bonchev–Trinajstić information content (AvgIpc) is 3.07. The van der Waals surface area contributed by atoms with Crippen molar-refractivity contribution in [1.82, 2.24) is 4.90 Å². The van der Waals surface area contributed by atoms with Gasteiger partial charge in [0.25, 0.3) is 0 Å². The van der Waals surface area contributed by atoms with E-state index in [1.807, 2.05) is 35.2 Å². The Kier molecular flexibility index (Phi) is 4.37. The molecule has 124 valence electrons. The highest BCUT2D eigenvalue weighted by atomic mass is 16.5. The zero-order chi connectivity index (χ0) is 16.4. The number of ether oxygens (including phenoxy) is 1. The largest absolute Gasteiger partial charge is 0.481 e. The molecule has 0 bridgehead atoms. The number of nitrogens with zero attached hydrogens (tertiary/aromatic N) is 1. The smallest absolute Gasteiger partial charge is 0.324 e. The van der Waals surface area contributed by atoms with Gasteiger partial charge in [0.05, 0.1) is 19.1 Å². The normalized spacial score (nSPS) is 30.3. The first-order valence-corrected chi connectivity index (χ1v) is 7.89.